The number of aryl methyl sites for hydroxylation is 1. The maximum Gasteiger partial charge on any atom is 0.339 e. The highest BCUT2D eigenvalue weighted by molar-refractivity contribution is 5.95. The minimum atomic E-state index is -0.756. The third-order valence-corrected chi connectivity index (χ3v) is 4.81. The zero-order chi connectivity index (χ0) is 17.4. The van der Waals surface area contributed by atoms with Crippen LogP contribution in [0.1, 0.15) is 46.4 Å². The van der Waals surface area contributed by atoms with Crippen molar-refractivity contribution in [2.75, 3.05) is 13.1 Å². The molecule has 1 saturated heterocycles. The Labute approximate surface area is 145 Å². The van der Waals surface area contributed by atoms with E-state index < -0.39 is 12.1 Å². The molecule has 2 unspecified atom stereocenters. The van der Waals surface area contributed by atoms with Gasteiger partial charge < -0.3 is 14.2 Å². The summed E-state index contributed by atoms with van der Waals surface area (Å²) in [5.41, 5.74) is 1.41. The number of nitrogens with zero attached hydrogens (tertiary/aromatic N) is 3. The van der Waals surface area contributed by atoms with Crippen LogP contribution in [0.5, 0.6) is 0 Å². The summed E-state index contributed by atoms with van der Waals surface area (Å²) < 4.78 is 10.4. The molecule has 2 atom stereocenters. The second-order valence-corrected chi connectivity index (χ2v) is 6.55. The van der Waals surface area contributed by atoms with Gasteiger partial charge in [0.1, 0.15) is 0 Å². The monoisotopic (exact) mass is 341 g/mol. The number of fused-ring (bicyclic) bond motifs is 1. The van der Waals surface area contributed by atoms with Gasteiger partial charge in [-0.25, -0.2) is 4.79 Å². The Morgan fingerprint density at radius 2 is 2.16 bits per heavy atom. The fourth-order valence-electron chi connectivity index (χ4n) is 3.54. The Hall–Kier alpha value is -2.70. The van der Waals surface area contributed by atoms with E-state index in [4.69, 9.17) is 9.26 Å². The summed E-state index contributed by atoms with van der Waals surface area (Å²) in [6, 6.07) is 7.27. The third-order valence-electron chi connectivity index (χ3n) is 4.81. The van der Waals surface area contributed by atoms with Crippen LogP contribution in [-0.2, 0) is 16.0 Å². The zero-order valence-corrected chi connectivity index (χ0v) is 14.0. The molecule has 25 heavy (non-hydrogen) atoms. The first-order chi connectivity index (χ1) is 12.1. The van der Waals surface area contributed by atoms with Gasteiger partial charge >= 0.3 is 5.97 Å². The van der Waals surface area contributed by atoms with Crippen molar-refractivity contribution in [2.24, 2.45) is 0 Å². The summed E-state index contributed by atoms with van der Waals surface area (Å²) in [6.45, 7) is 2.93. The number of amides is 1. The summed E-state index contributed by atoms with van der Waals surface area (Å²) in [4.78, 5) is 31.1. The SMILES string of the molecule is Cc1nc(C2CCCN(C(=O)C3Cc4ccccc4C(=O)O3)C2)no1. The Morgan fingerprint density at radius 1 is 1.32 bits per heavy atom. The number of benzene rings is 1. The first-order valence-electron chi connectivity index (χ1n) is 8.49. The maximum atomic E-state index is 12.9. The second-order valence-electron chi connectivity index (χ2n) is 6.55. The molecule has 0 aliphatic carbocycles. The standard InChI is InChI=1S/C18H19N3O4/c1-11-19-16(20-25-11)13-6-4-8-21(10-13)17(22)15-9-12-5-2-3-7-14(12)18(23)24-15/h2-3,5,7,13,15H,4,6,8-10H2,1H3. The molecule has 4 rings (SSSR count). The summed E-state index contributed by atoms with van der Waals surface area (Å²) in [5.74, 6) is 0.648. The lowest BCUT2D eigenvalue weighted by Gasteiger charge is -2.34. The van der Waals surface area contributed by atoms with Crippen molar-refractivity contribution in [3.05, 3.63) is 47.1 Å². The Kier molecular flexibility index (Phi) is 3.99. The summed E-state index contributed by atoms with van der Waals surface area (Å²) in [7, 11) is 0. The Bertz CT molecular complexity index is 816. The van der Waals surface area contributed by atoms with Gasteiger partial charge in [-0.15, -0.1) is 0 Å². The molecular weight excluding hydrogens is 322 g/mol. The molecule has 0 N–H and O–H groups in total. The summed E-state index contributed by atoms with van der Waals surface area (Å²) in [5, 5.41) is 3.98. The van der Waals surface area contributed by atoms with Crippen LogP contribution in [0.4, 0.5) is 0 Å². The van der Waals surface area contributed by atoms with Crippen molar-refractivity contribution in [1.29, 1.82) is 0 Å². The fraction of sp³-hybridized carbons (Fsp3) is 0.444. The van der Waals surface area contributed by atoms with Crippen LogP contribution < -0.4 is 0 Å². The number of carbonyl (C=O) groups is 2. The summed E-state index contributed by atoms with van der Waals surface area (Å²) in [6.07, 6.45) is 1.44. The van der Waals surface area contributed by atoms with Crippen LogP contribution in [0.25, 0.3) is 0 Å². The number of aromatic nitrogens is 2. The number of likely N-dealkylation sites (tertiary alicyclic amines) is 1. The van der Waals surface area contributed by atoms with Crippen molar-refractivity contribution in [1.82, 2.24) is 15.0 Å². The zero-order valence-electron chi connectivity index (χ0n) is 14.0. The molecule has 1 aromatic carbocycles. The van der Waals surface area contributed by atoms with E-state index >= 15 is 0 Å². The van der Waals surface area contributed by atoms with Gasteiger partial charge in [0, 0.05) is 32.4 Å². The molecule has 0 spiro atoms. The molecule has 7 heteroatoms. The number of ether oxygens (including phenoxy) is 1. The van der Waals surface area contributed by atoms with Gasteiger partial charge in [-0.2, -0.15) is 4.98 Å². The first-order valence-corrected chi connectivity index (χ1v) is 8.49. The van der Waals surface area contributed by atoms with E-state index in [0.29, 0.717) is 36.8 Å². The average molecular weight is 341 g/mol. The Balaban J connectivity index is 1.48. The van der Waals surface area contributed by atoms with Gasteiger partial charge in [0.25, 0.3) is 5.91 Å². The topological polar surface area (TPSA) is 85.5 Å². The molecule has 2 aliphatic heterocycles. The normalized spacial score (nSPS) is 23.1. The van der Waals surface area contributed by atoms with E-state index in [0.717, 1.165) is 18.4 Å². The third kappa shape index (κ3) is 3.01. The number of rotatable bonds is 2. The van der Waals surface area contributed by atoms with Gasteiger partial charge in [0.15, 0.2) is 11.9 Å². The number of piperidine rings is 1. The largest absolute Gasteiger partial charge is 0.448 e. The molecule has 1 amide bonds. The minimum absolute atomic E-state index is 0.0572. The molecule has 7 nitrogen and oxygen atoms in total. The molecule has 2 aromatic rings. The molecule has 0 saturated carbocycles. The van der Waals surface area contributed by atoms with E-state index in [2.05, 4.69) is 10.1 Å². The molecule has 3 heterocycles. The van der Waals surface area contributed by atoms with Crippen LogP contribution >= 0.6 is 0 Å². The Morgan fingerprint density at radius 3 is 2.96 bits per heavy atom. The van der Waals surface area contributed by atoms with E-state index in [1.807, 2.05) is 12.1 Å². The highest BCUT2D eigenvalue weighted by Gasteiger charge is 2.36. The van der Waals surface area contributed by atoms with Crippen LogP contribution in [0.15, 0.2) is 28.8 Å². The van der Waals surface area contributed by atoms with E-state index in [-0.39, 0.29) is 11.8 Å². The predicted octanol–water partition coefficient (Wildman–Crippen LogP) is 1.87. The number of hydrogen-bond donors (Lipinski definition) is 0. The van der Waals surface area contributed by atoms with Crippen LogP contribution in [-0.4, -0.2) is 46.1 Å². The van der Waals surface area contributed by atoms with Gasteiger partial charge in [-0.05, 0) is 24.5 Å². The number of esters is 1. The molecule has 130 valence electrons. The minimum Gasteiger partial charge on any atom is -0.448 e. The fourth-order valence-corrected chi connectivity index (χ4v) is 3.54. The number of carbonyl (C=O) groups excluding carboxylic acids is 2. The molecule has 0 bridgehead atoms. The summed E-state index contributed by atoms with van der Waals surface area (Å²) >= 11 is 0. The maximum absolute atomic E-state index is 12.9. The molecule has 1 fully saturated rings. The van der Waals surface area contributed by atoms with E-state index in [9.17, 15) is 9.59 Å². The van der Waals surface area contributed by atoms with Gasteiger partial charge in [0.2, 0.25) is 5.89 Å². The number of hydrogen-bond acceptors (Lipinski definition) is 6. The molecule has 2 aliphatic rings. The highest BCUT2D eigenvalue weighted by Crippen LogP contribution is 2.27. The number of cyclic esters (lactones) is 1. The van der Waals surface area contributed by atoms with Crippen LogP contribution in [0, 0.1) is 6.92 Å². The predicted molar refractivity (Wildman–Crippen MR) is 86.9 cm³/mol. The lowest BCUT2D eigenvalue weighted by molar-refractivity contribution is -0.142. The lowest BCUT2D eigenvalue weighted by atomic mass is 9.95. The van der Waals surface area contributed by atoms with Gasteiger partial charge in [0.05, 0.1) is 5.56 Å². The average Bonchev–Trinajstić information content (AvgIpc) is 3.08. The van der Waals surface area contributed by atoms with E-state index in [1.165, 1.54) is 0 Å². The van der Waals surface area contributed by atoms with Crippen molar-refractivity contribution in [3.8, 4) is 0 Å². The van der Waals surface area contributed by atoms with Crippen LogP contribution in [0.2, 0.25) is 0 Å². The van der Waals surface area contributed by atoms with Crippen molar-refractivity contribution >= 4 is 11.9 Å². The van der Waals surface area contributed by atoms with Crippen molar-refractivity contribution in [3.63, 3.8) is 0 Å². The molecule has 1 aromatic heterocycles. The lowest BCUT2D eigenvalue weighted by Crippen LogP contribution is -2.48. The van der Waals surface area contributed by atoms with Crippen molar-refractivity contribution < 1.29 is 18.8 Å². The first kappa shape index (κ1) is 15.8. The second kappa shape index (κ2) is 6.31. The molecular formula is C18H19N3O4. The highest BCUT2D eigenvalue weighted by atomic mass is 16.5. The van der Waals surface area contributed by atoms with Gasteiger partial charge in [-0.1, -0.05) is 23.4 Å². The quantitative estimate of drug-likeness (QED) is 0.775. The van der Waals surface area contributed by atoms with E-state index in [1.54, 1.807) is 24.0 Å². The van der Waals surface area contributed by atoms with Crippen LogP contribution in [0.3, 0.4) is 0 Å². The van der Waals surface area contributed by atoms with Gasteiger partial charge in [-0.3, -0.25) is 4.79 Å². The van der Waals surface area contributed by atoms with Crippen molar-refractivity contribution in [2.45, 2.75) is 38.2 Å². The smallest absolute Gasteiger partial charge is 0.339 e. The molecule has 0 radical (unpaired) electrons.